The summed E-state index contributed by atoms with van der Waals surface area (Å²) >= 11 is 0. The Morgan fingerprint density at radius 1 is 1.00 bits per heavy atom. The average molecular weight is 518 g/mol. The average Bonchev–Trinajstić information content (AvgIpc) is 2.88. The lowest BCUT2D eigenvalue weighted by molar-refractivity contribution is -0.134. The number of benzene rings is 2. The van der Waals surface area contributed by atoms with Crippen molar-refractivity contribution < 1.29 is 32.7 Å². The monoisotopic (exact) mass is 517 g/mol. The summed E-state index contributed by atoms with van der Waals surface area (Å²) in [4.78, 5) is 24.7. The van der Waals surface area contributed by atoms with Gasteiger partial charge in [-0.1, -0.05) is 45.0 Å². The van der Waals surface area contributed by atoms with Gasteiger partial charge in [0.15, 0.2) is 20.4 Å². The lowest BCUT2D eigenvalue weighted by atomic mass is 9.86. The number of carbonyl (C=O) groups excluding carboxylic acids is 2. The molecular weight excluding hydrogens is 482 g/mol. The summed E-state index contributed by atoms with van der Waals surface area (Å²) in [5.41, 5.74) is 3.44. The predicted molar refractivity (Wildman–Crippen MR) is 135 cm³/mol. The molecule has 1 heterocycles. The third kappa shape index (κ3) is 6.14. The fourth-order valence-corrected chi connectivity index (χ4v) is 6.18. The van der Waals surface area contributed by atoms with Crippen molar-refractivity contribution in [1.82, 2.24) is 5.48 Å². The van der Waals surface area contributed by atoms with Crippen LogP contribution in [0.25, 0.3) is 0 Å². The van der Waals surface area contributed by atoms with Gasteiger partial charge in [-0.25, -0.2) is 13.9 Å². The normalized spacial score (nSPS) is 15.8. The molecule has 0 aliphatic carbocycles. The van der Waals surface area contributed by atoms with Crippen LogP contribution in [0.1, 0.15) is 68.8 Å². The van der Waals surface area contributed by atoms with Crippen molar-refractivity contribution in [3.63, 3.8) is 0 Å². The SMILES string of the molecule is CC(C)(C)c1ccc(C(=O)CCCCOc2ccc(S(=O)(=O)C3(C(=O)NO)CCOCC3)cc2)cc1. The Labute approximate surface area is 212 Å². The number of nitrogens with one attached hydrogen (secondary N) is 1. The molecule has 1 saturated heterocycles. The molecule has 1 aliphatic heterocycles. The predicted octanol–water partition coefficient (Wildman–Crippen LogP) is 4.24. The van der Waals surface area contributed by atoms with E-state index in [-0.39, 0.29) is 42.1 Å². The molecule has 0 atom stereocenters. The van der Waals surface area contributed by atoms with Gasteiger partial charge in [0.2, 0.25) is 0 Å². The first-order valence-electron chi connectivity index (χ1n) is 12.1. The molecule has 1 amide bonds. The Morgan fingerprint density at radius 3 is 2.17 bits per heavy atom. The highest BCUT2D eigenvalue weighted by Crippen LogP contribution is 2.35. The Kier molecular flexibility index (Phi) is 8.92. The smallest absolute Gasteiger partial charge is 0.265 e. The standard InChI is InChI=1S/C27H35NO7S/c1-26(2,3)21-9-7-20(8-10-21)24(29)6-4-5-17-35-22-11-13-23(14-12-22)36(32,33)27(25(30)28-31)15-18-34-19-16-27/h7-14,31H,4-6,15-19H2,1-3H3,(H,28,30). The number of amides is 1. The van der Waals surface area contributed by atoms with E-state index in [4.69, 9.17) is 14.7 Å². The maximum Gasteiger partial charge on any atom is 0.265 e. The second-order valence-corrected chi connectivity index (χ2v) is 12.3. The summed E-state index contributed by atoms with van der Waals surface area (Å²) in [6.07, 6.45) is 1.69. The first kappa shape index (κ1) is 27.8. The summed E-state index contributed by atoms with van der Waals surface area (Å²) in [5.74, 6) is -0.365. The zero-order chi connectivity index (χ0) is 26.4. The second kappa shape index (κ2) is 11.5. The van der Waals surface area contributed by atoms with Crippen LogP contribution < -0.4 is 10.2 Å². The van der Waals surface area contributed by atoms with E-state index >= 15 is 0 Å². The third-order valence-corrected chi connectivity index (χ3v) is 9.12. The molecule has 196 valence electrons. The minimum atomic E-state index is -4.07. The lowest BCUT2D eigenvalue weighted by Gasteiger charge is -2.34. The van der Waals surface area contributed by atoms with Crippen LogP contribution in [0, 0.1) is 0 Å². The molecule has 0 bridgehead atoms. The van der Waals surface area contributed by atoms with Crippen LogP contribution in [0.2, 0.25) is 0 Å². The summed E-state index contributed by atoms with van der Waals surface area (Å²) in [7, 11) is -4.07. The molecule has 0 unspecified atom stereocenters. The van der Waals surface area contributed by atoms with Crippen LogP contribution in [0.3, 0.4) is 0 Å². The van der Waals surface area contributed by atoms with Gasteiger partial charge >= 0.3 is 0 Å². The van der Waals surface area contributed by atoms with Crippen molar-refractivity contribution in [2.24, 2.45) is 0 Å². The Balaban J connectivity index is 1.51. The minimum Gasteiger partial charge on any atom is -0.494 e. The molecule has 3 rings (SSSR count). The molecule has 8 nitrogen and oxygen atoms in total. The summed E-state index contributed by atoms with van der Waals surface area (Å²) in [5, 5.41) is 9.14. The van der Waals surface area contributed by atoms with Gasteiger partial charge < -0.3 is 9.47 Å². The van der Waals surface area contributed by atoms with Gasteiger partial charge in [0.1, 0.15) is 5.75 Å². The van der Waals surface area contributed by atoms with Crippen LogP contribution in [-0.4, -0.2) is 49.9 Å². The topological polar surface area (TPSA) is 119 Å². The number of unbranched alkanes of at least 4 members (excludes halogenated alkanes) is 1. The summed E-state index contributed by atoms with van der Waals surface area (Å²) < 4.78 is 35.7. The number of ketones is 1. The fraction of sp³-hybridized carbons (Fsp3) is 0.481. The number of rotatable bonds is 10. The molecule has 2 N–H and O–H groups in total. The quantitative estimate of drug-likeness (QED) is 0.209. The number of ether oxygens (including phenoxy) is 2. The van der Waals surface area contributed by atoms with Crippen molar-refractivity contribution in [3.05, 3.63) is 59.7 Å². The van der Waals surface area contributed by atoms with Crippen molar-refractivity contribution >= 4 is 21.5 Å². The van der Waals surface area contributed by atoms with E-state index in [1.807, 2.05) is 24.3 Å². The number of Topliss-reactive ketones (excluding diaryl/α,β-unsaturated/α-hetero) is 1. The van der Waals surface area contributed by atoms with Crippen LogP contribution in [0.5, 0.6) is 5.75 Å². The molecular formula is C27H35NO7S. The first-order chi connectivity index (χ1) is 17.0. The maximum atomic E-state index is 13.3. The van der Waals surface area contributed by atoms with Gasteiger partial charge in [0.05, 0.1) is 11.5 Å². The van der Waals surface area contributed by atoms with Crippen molar-refractivity contribution in [2.75, 3.05) is 19.8 Å². The van der Waals surface area contributed by atoms with Gasteiger partial charge in [-0.2, -0.15) is 0 Å². The number of hydrogen-bond donors (Lipinski definition) is 2. The van der Waals surface area contributed by atoms with Crippen molar-refractivity contribution in [3.8, 4) is 5.75 Å². The fourth-order valence-electron chi connectivity index (χ4n) is 4.24. The first-order valence-corrected chi connectivity index (χ1v) is 13.6. The Bertz CT molecular complexity index is 1140. The van der Waals surface area contributed by atoms with Crippen LogP contribution in [0.15, 0.2) is 53.4 Å². The molecule has 36 heavy (non-hydrogen) atoms. The van der Waals surface area contributed by atoms with Crippen LogP contribution >= 0.6 is 0 Å². The number of hydrogen-bond acceptors (Lipinski definition) is 7. The molecule has 0 aromatic heterocycles. The molecule has 2 aromatic rings. The number of sulfone groups is 1. The second-order valence-electron chi connectivity index (χ2n) is 10.1. The Hall–Kier alpha value is -2.75. The molecule has 0 saturated carbocycles. The highest BCUT2D eigenvalue weighted by atomic mass is 32.2. The zero-order valence-corrected chi connectivity index (χ0v) is 21.9. The molecule has 0 spiro atoms. The number of carbonyl (C=O) groups is 2. The van der Waals surface area contributed by atoms with Gasteiger partial charge in [-0.15, -0.1) is 0 Å². The van der Waals surface area contributed by atoms with E-state index in [1.54, 1.807) is 12.1 Å². The van der Waals surface area contributed by atoms with Crippen LogP contribution in [0.4, 0.5) is 0 Å². The molecule has 1 aliphatic rings. The molecule has 9 heteroatoms. The molecule has 0 radical (unpaired) electrons. The Morgan fingerprint density at radius 2 is 1.61 bits per heavy atom. The zero-order valence-electron chi connectivity index (χ0n) is 21.1. The van der Waals surface area contributed by atoms with E-state index < -0.39 is 20.5 Å². The van der Waals surface area contributed by atoms with E-state index in [9.17, 15) is 18.0 Å². The highest BCUT2D eigenvalue weighted by molar-refractivity contribution is 7.93. The van der Waals surface area contributed by atoms with Gasteiger partial charge in [-0.05, 0) is 60.9 Å². The van der Waals surface area contributed by atoms with Gasteiger partial charge in [0, 0.05) is 25.2 Å². The van der Waals surface area contributed by atoms with Gasteiger partial charge in [-0.3, -0.25) is 14.8 Å². The van der Waals surface area contributed by atoms with E-state index in [1.165, 1.54) is 23.2 Å². The van der Waals surface area contributed by atoms with Gasteiger partial charge in [0.25, 0.3) is 5.91 Å². The molecule has 1 fully saturated rings. The lowest BCUT2D eigenvalue weighted by Crippen LogP contribution is -2.54. The maximum absolute atomic E-state index is 13.3. The summed E-state index contributed by atoms with van der Waals surface area (Å²) in [6, 6.07) is 13.6. The minimum absolute atomic E-state index is 0.0246. The van der Waals surface area contributed by atoms with E-state index in [0.29, 0.717) is 37.2 Å². The number of hydroxylamine groups is 1. The van der Waals surface area contributed by atoms with Crippen molar-refractivity contribution in [2.45, 2.75) is 67.9 Å². The highest BCUT2D eigenvalue weighted by Gasteiger charge is 2.52. The third-order valence-electron chi connectivity index (χ3n) is 6.60. The van der Waals surface area contributed by atoms with E-state index in [0.717, 1.165) is 0 Å². The largest absolute Gasteiger partial charge is 0.494 e. The van der Waals surface area contributed by atoms with Crippen molar-refractivity contribution in [1.29, 1.82) is 0 Å². The van der Waals surface area contributed by atoms with Crippen LogP contribution in [-0.2, 0) is 24.8 Å². The molecule has 2 aromatic carbocycles. The summed E-state index contributed by atoms with van der Waals surface area (Å²) in [6.45, 7) is 7.01. The van der Waals surface area contributed by atoms with E-state index in [2.05, 4.69) is 20.8 Å².